The summed E-state index contributed by atoms with van der Waals surface area (Å²) in [4.78, 5) is 11.9. The van der Waals surface area contributed by atoms with E-state index >= 15 is 0 Å². The molecule has 1 fully saturated rings. The lowest BCUT2D eigenvalue weighted by atomic mass is 10.1. The largest absolute Gasteiger partial charge is 0.494 e. The highest BCUT2D eigenvalue weighted by molar-refractivity contribution is 7.91. The average Bonchev–Trinajstić information content (AvgIpc) is 2.78. The summed E-state index contributed by atoms with van der Waals surface area (Å²) in [5.74, 6) is 0.962. The molecule has 2 amide bonds. The van der Waals surface area contributed by atoms with Crippen LogP contribution in [-0.2, 0) is 9.84 Å². The van der Waals surface area contributed by atoms with Crippen LogP contribution in [0.25, 0.3) is 0 Å². The Kier molecular flexibility index (Phi) is 5.28. The third-order valence-corrected chi connectivity index (χ3v) is 5.37. The Balaban J connectivity index is 1.85. The molecule has 1 aromatic carbocycles. The Morgan fingerprint density at radius 2 is 2.05 bits per heavy atom. The van der Waals surface area contributed by atoms with Crippen LogP contribution in [0.2, 0.25) is 0 Å². The Morgan fingerprint density at radius 3 is 2.59 bits per heavy atom. The number of benzene rings is 1. The zero-order valence-corrected chi connectivity index (χ0v) is 13.7. The van der Waals surface area contributed by atoms with Crippen molar-refractivity contribution in [1.29, 1.82) is 0 Å². The first-order valence-corrected chi connectivity index (χ1v) is 9.22. The fourth-order valence-corrected chi connectivity index (χ4v) is 4.11. The van der Waals surface area contributed by atoms with Crippen LogP contribution < -0.4 is 15.4 Å². The maximum absolute atomic E-state index is 11.9. The van der Waals surface area contributed by atoms with E-state index in [1.165, 1.54) is 0 Å². The van der Waals surface area contributed by atoms with E-state index < -0.39 is 9.84 Å². The molecule has 0 unspecified atom stereocenters. The van der Waals surface area contributed by atoms with Gasteiger partial charge in [-0.15, -0.1) is 0 Å². The van der Waals surface area contributed by atoms with Gasteiger partial charge in [0.05, 0.1) is 24.2 Å². The van der Waals surface area contributed by atoms with Crippen molar-refractivity contribution in [3.05, 3.63) is 29.8 Å². The Bertz CT molecular complexity index is 613. The van der Waals surface area contributed by atoms with E-state index in [-0.39, 0.29) is 29.6 Å². The molecule has 0 radical (unpaired) electrons. The number of amides is 2. The van der Waals surface area contributed by atoms with Crippen LogP contribution in [0.15, 0.2) is 24.3 Å². The quantitative estimate of drug-likeness (QED) is 0.861. The lowest BCUT2D eigenvalue weighted by molar-refractivity contribution is 0.235. The van der Waals surface area contributed by atoms with Crippen molar-refractivity contribution in [3.63, 3.8) is 0 Å². The minimum absolute atomic E-state index is 0.0256. The smallest absolute Gasteiger partial charge is 0.315 e. The summed E-state index contributed by atoms with van der Waals surface area (Å²) < 4.78 is 28.1. The monoisotopic (exact) mass is 326 g/mol. The number of carbonyl (C=O) groups excluding carboxylic acids is 1. The number of hydrogen-bond donors (Lipinski definition) is 2. The van der Waals surface area contributed by atoms with Gasteiger partial charge in [0.2, 0.25) is 0 Å². The molecule has 2 N–H and O–H groups in total. The first kappa shape index (κ1) is 16.6. The number of nitrogens with one attached hydrogen (secondary N) is 2. The number of ether oxygens (including phenoxy) is 1. The van der Waals surface area contributed by atoms with Gasteiger partial charge in [0, 0.05) is 6.04 Å². The molecule has 1 saturated heterocycles. The van der Waals surface area contributed by atoms with Gasteiger partial charge < -0.3 is 15.4 Å². The highest BCUT2D eigenvalue weighted by Gasteiger charge is 2.29. The third kappa shape index (κ3) is 4.62. The molecular formula is C15H22N2O4S. The third-order valence-electron chi connectivity index (χ3n) is 3.61. The number of rotatable bonds is 5. The summed E-state index contributed by atoms with van der Waals surface area (Å²) in [6.07, 6.45) is 0.479. The van der Waals surface area contributed by atoms with E-state index in [2.05, 4.69) is 10.6 Å². The van der Waals surface area contributed by atoms with E-state index in [4.69, 9.17) is 4.74 Å². The standard InChI is InChI=1S/C15H22N2O4S/c1-3-21-14-6-4-12(5-7-14)11(2)16-15(18)17-13-8-9-22(19,20)10-13/h4-7,11,13H,3,8-10H2,1-2H3,(H2,16,17,18)/t11-,13+/m0/s1. The van der Waals surface area contributed by atoms with Crippen molar-refractivity contribution in [2.75, 3.05) is 18.1 Å². The van der Waals surface area contributed by atoms with Gasteiger partial charge in [-0.05, 0) is 38.0 Å². The van der Waals surface area contributed by atoms with Gasteiger partial charge >= 0.3 is 6.03 Å². The second-order valence-corrected chi connectivity index (χ2v) is 7.67. The van der Waals surface area contributed by atoms with E-state index in [0.717, 1.165) is 11.3 Å². The summed E-state index contributed by atoms with van der Waals surface area (Å²) in [5, 5.41) is 5.53. The summed E-state index contributed by atoms with van der Waals surface area (Å²) in [6.45, 7) is 4.41. The summed E-state index contributed by atoms with van der Waals surface area (Å²) >= 11 is 0. The van der Waals surface area contributed by atoms with E-state index in [9.17, 15) is 13.2 Å². The van der Waals surface area contributed by atoms with Crippen LogP contribution in [0.4, 0.5) is 4.79 Å². The molecular weight excluding hydrogens is 304 g/mol. The Labute approximate surface area is 131 Å². The van der Waals surface area contributed by atoms with Crippen molar-refractivity contribution < 1.29 is 17.9 Å². The van der Waals surface area contributed by atoms with Gasteiger partial charge in [-0.2, -0.15) is 0 Å². The van der Waals surface area contributed by atoms with Crippen LogP contribution in [0.3, 0.4) is 0 Å². The number of sulfone groups is 1. The van der Waals surface area contributed by atoms with Gasteiger partial charge in [0.1, 0.15) is 5.75 Å². The van der Waals surface area contributed by atoms with Crippen LogP contribution in [0.1, 0.15) is 31.9 Å². The normalized spacial score (nSPS) is 21.1. The van der Waals surface area contributed by atoms with Gasteiger partial charge in [0.25, 0.3) is 0 Å². The number of carbonyl (C=O) groups is 1. The highest BCUT2D eigenvalue weighted by Crippen LogP contribution is 2.18. The molecule has 22 heavy (non-hydrogen) atoms. The van der Waals surface area contributed by atoms with Crippen molar-refractivity contribution in [3.8, 4) is 5.75 Å². The number of urea groups is 1. The lowest BCUT2D eigenvalue weighted by Gasteiger charge is -2.17. The van der Waals surface area contributed by atoms with Crippen molar-refractivity contribution in [1.82, 2.24) is 10.6 Å². The minimum Gasteiger partial charge on any atom is -0.494 e. The van der Waals surface area contributed by atoms with Crippen molar-refractivity contribution in [2.24, 2.45) is 0 Å². The second-order valence-electron chi connectivity index (χ2n) is 5.44. The van der Waals surface area contributed by atoms with E-state index in [0.29, 0.717) is 13.0 Å². The molecule has 0 spiro atoms. The maximum Gasteiger partial charge on any atom is 0.315 e. The molecule has 0 bridgehead atoms. The first-order valence-electron chi connectivity index (χ1n) is 7.40. The Hall–Kier alpha value is -1.76. The molecule has 2 rings (SSSR count). The van der Waals surface area contributed by atoms with Crippen LogP contribution in [0.5, 0.6) is 5.75 Å². The Morgan fingerprint density at radius 1 is 1.36 bits per heavy atom. The average molecular weight is 326 g/mol. The molecule has 7 heteroatoms. The lowest BCUT2D eigenvalue weighted by Crippen LogP contribution is -2.43. The van der Waals surface area contributed by atoms with Crippen molar-refractivity contribution >= 4 is 15.9 Å². The fraction of sp³-hybridized carbons (Fsp3) is 0.533. The van der Waals surface area contributed by atoms with E-state index in [1.54, 1.807) is 0 Å². The molecule has 1 aliphatic rings. The molecule has 1 aliphatic heterocycles. The predicted octanol–water partition coefficient (Wildman–Crippen LogP) is 1.63. The van der Waals surface area contributed by atoms with Gasteiger partial charge in [-0.3, -0.25) is 0 Å². The van der Waals surface area contributed by atoms with Crippen LogP contribution in [-0.4, -0.2) is 38.6 Å². The SMILES string of the molecule is CCOc1ccc([C@H](C)NC(=O)N[C@@H]2CCS(=O)(=O)C2)cc1. The van der Waals surface area contributed by atoms with Gasteiger partial charge in [-0.1, -0.05) is 12.1 Å². The highest BCUT2D eigenvalue weighted by atomic mass is 32.2. The zero-order chi connectivity index (χ0) is 16.2. The summed E-state index contributed by atoms with van der Waals surface area (Å²) in [7, 11) is -2.99. The van der Waals surface area contributed by atoms with Gasteiger partial charge in [0.15, 0.2) is 9.84 Å². The molecule has 6 nitrogen and oxygen atoms in total. The topological polar surface area (TPSA) is 84.5 Å². The maximum atomic E-state index is 11.9. The number of hydrogen-bond acceptors (Lipinski definition) is 4. The molecule has 122 valence electrons. The molecule has 0 aromatic heterocycles. The van der Waals surface area contributed by atoms with Crippen molar-refractivity contribution in [2.45, 2.75) is 32.4 Å². The molecule has 1 aromatic rings. The molecule has 0 aliphatic carbocycles. The summed E-state index contributed by atoms with van der Waals surface area (Å²) in [6, 6.07) is 6.71. The first-order chi connectivity index (χ1) is 10.4. The molecule has 0 saturated carbocycles. The molecule has 1 heterocycles. The zero-order valence-electron chi connectivity index (χ0n) is 12.8. The molecule has 2 atom stereocenters. The predicted molar refractivity (Wildman–Crippen MR) is 84.8 cm³/mol. The van der Waals surface area contributed by atoms with Gasteiger partial charge in [-0.25, -0.2) is 13.2 Å². The summed E-state index contributed by atoms with van der Waals surface area (Å²) in [5.41, 5.74) is 0.956. The van der Waals surface area contributed by atoms with Crippen LogP contribution in [0, 0.1) is 0 Å². The second kappa shape index (κ2) is 7.00. The van der Waals surface area contributed by atoms with E-state index in [1.807, 2.05) is 38.1 Å². The van der Waals surface area contributed by atoms with Crippen LogP contribution >= 0.6 is 0 Å². The fourth-order valence-electron chi connectivity index (χ4n) is 2.44. The minimum atomic E-state index is -2.99.